The van der Waals surface area contributed by atoms with Gasteiger partial charge in [0.1, 0.15) is 5.82 Å². The Morgan fingerprint density at radius 2 is 1.55 bits per heavy atom. The molecule has 1 aliphatic heterocycles. The second kappa shape index (κ2) is 10.1. The van der Waals surface area contributed by atoms with Crippen molar-refractivity contribution in [3.63, 3.8) is 0 Å². The molecule has 2 aliphatic rings. The van der Waals surface area contributed by atoms with Crippen molar-refractivity contribution in [3.05, 3.63) is 64.6 Å². The first-order valence-electron chi connectivity index (χ1n) is 12.2. The van der Waals surface area contributed by atoms with Gasteiger partial charge in [0.05, 0.1) is 33.4 Å². The van der Waals surface area contributed by atoms with Gasteiger partial charge in [-0.2, -0.15) is 13.2 Å². The average molecular weight is 565 g/mol. The molecule has 12 heteroatoms. The predicted molar refractivity (Wildman–Crippen MR) is 134 cm³/mol. The number of amides is 2. The summed E-state index contributed by atoms with van der Waals surface area (Å²) in [5, 5.41) is 1.87. The molecule has 0 saturated carbocycles. The van der Waals surface area contributed by atoms with Crippen LogP contribution in [0, 0.1) is 11.2 Å². The first-order valence-corrected chi connectivity index (χ1v) is 12.2. The standard InChI is InChI=1S/C28H28F4N2O6/c1-26(2)12-18-22(19(35)13-26)27(28(30,31)32,25(37)34(18)14-15-6-8-17(29)9-7-15)33-24(36)16-10-20(38-3)23(40-5)21(11-16)39-4/h6-11H,12-14H2,1-5H3,(H,33,36)/t27-/m0/s1. The number of carbonyl (C=O) groups is 3. The van der Waals surface area contributed by atoms with E-state index in [2.05, 4.69) is 0 Å². The van der Waals surface area contributed by atoms with Crippen LogP contribution < -0.4 is 19.5 Å². The van der Waals surface area contributed by atoms with Crippen molar-refractivity contribution in [2.24, 2.45) is 5.41 Å². The van der Waals surface area contributed by atoms with Gasteiger partial charge in [-0.25, -0.2) is 4.39 Å². The summed E-state index contributed by atoms with van der Waals surface area (Å²) in [6.07, 6.45) is -5.68. The van der Waals surface area contributed by atoms with Gasteiger partial charge in [0.2, 0.25) is 11.3 Å². The number of hydrogen-bond donors (Lipinski definition) is 1. The highest BCUT2D eigenvalue weighted by atomic mass is 19.4. The Hall–Kier alpha value is -4.09. The number of halogens is 4. The van der Waals surface area contributed by atoms with Gasteiger partial charge in [0, 0.05) is 17.7 Å². The zero-order chi connectivity index (χ0) is 29.6. The van der Waals surface area contributed by atoms with Crippen molar-refractivity contribution in [2.75, 3.05) is 21.3 Å². The van der Waals surface area contributed by atoms with Crippen LogP contribution in [0.2, 0.25) is 0 Å². The van der Waals surface area contributed by atoms with Gasteiger partial charge in [-0.3, -0.25) is 14.4 Å². The predicted octanol–water partition coefficient (Wildman–Crippen LogP) is 4.57. The van der Waals surface area contributed by atoms with Gasteiger partial charge < -0.3 is 24.4 Å². The average Bonchev–Trinajstić information content (AvgIpc) is 3.11. The molecule has 2 aromatic rings. The Morgan fingerprint density at radius 3 is 2.05 bits per heavy atom. The molecule has 1 heterocycles. The normalized spacial score (nSPS) is 20.4. The van der Waals surface area contributed by atoms with Crippen LogP contribution in [0.3, 0.4) is 0 Å². The third-order valence-electron chi connectivity index (χ3n) is 7.03. The van der Waals surface area contributed by atoms with E-state index in [1.165, 1.54) is 33.5 Å². The van der Waals surface area contributed by atoms with Gasteiger partial charge in [0.25, 0.3) is 11.8 Å². The molecular formula is C28H28F4N2O6. The summed E-state index contributed by atoms with van der Waals surface area (Å²) in [7, 11) is 3.85. The number of alkyl halides is 3. The minimum Gasteiger partial charge on any atom is -0.493 e. The van der Waals surface area contributed by atoms with Crippen LogP contribution in [0.25, 0.3) is 0 Å². The molecule has 0 saturated heterocycles. The molecule has 0 unspecified atom stereocenters. The van der Waals surface area contributed by atoms with E-state index in [0.717, 1.165) is 29.2 Å². The zero-order valence-corrected chi connectivity index (χ0v) is 22.5. The maximum absolute atomic E-state index is 15.1. The fourth-order valence-corrected chi connectivity index (χ4v) is 5.22. The van der Waals surface area contributed by atoms with Crippen molar-refractivity contribution >= 4 is 17.6 Å². The van der Waals surface area contributed by atoms with Gasteiger partial charge in [0.15, 0.2) is 17.3 Å². The van der Waals surface area contributed by atoms with Crippen molar-refractivity contribution in [1.82, 2.24) is 10.2 Å². The summed E-state index contributed by atoms with van der Waals surface area (Å²) in [5.41, 5.74) is -5.32. The van der Waals surface area contributed by atoms with E-state index in [1.54, 1.807) is 13.8 Å². The number of allylic oxidation sites excluding steroid dienone is 1. The minimum atomic E-state index is -5.39. The van der Waals surface area contributed by atoms with Crippen molar-refractivity contribution in [3.8, 4) is 17.2 Å². The lowest BCUT2D eigenvalue weighted by molar-refractivity contribution is -0.190. The fraction of sp³-hybridized carbons (Fsp3) is 0.393. The van der Waals surface area contributed by atoms with Crippen LogP contribution in [-0.4, -0.2) is 55.5 Å². The van der Waals surface area contributed by atoms with E-state index in [9.17, 15) is 18.8 Å². The molecule has 8 nitrogen and oxygen atoms in total. The minimum absolute atomic E-state index is 0.000796. The second-order valence-corrected chi connectivity index (χ2v) is 10.4. The smallest absolute Gasteiger partial charge is 0.425 e. The Morgan fingerprint density at radius 1 is 0.975 bits per heavy atom. The quantitative estimate of drug-likeness (QED) is 0.496. The monoisotopic (exact) mass is 564 g/mol. The van der Waals surface area contributed by atoms with Crippen LogP contribution in [0.4, 0.5) is 17.6 Å². The van der Waals surface area contributed by atoms with E-state index >= 15 is 13.2 Å². The number of hydrogen-bond acceptors (Lipinski definition) is 6. The van der Waals surface area contributed by atoms with Crippen LogP contribution in [0.5, 0.6) is 17.2 Å². The van der Waals surface area contributed by atoms with Crippen molar-refractivity contribution in [1.29, 1.82) is 0 Å². The molecule has 0 spiro atoms. The number of benzene rings is 2. The molecular weight excluding hydrogens is 536 g/mol. The first-order chi connectivity index (χ1) is 18.7. The molecule has 0 aromatic heterocycles. The number of carbonyl (C=O) groups excluding carboxylic acids is 3. The molecule has 214 valence electrons. The number of rotatable bonds is 7. The number of nitrogens with zero attached hydrogens (tertiary/aromatic N) is 1. The van der Waals surface area contributed by atoms with Gasteiger partial charge in [-0.1, -0.05) is 26.0 Å². The van der Waals surface area contributed by atoms with Gasteiger partial charge in [-0.05, 0) is 41.7 Å². The van der Waals surface area contributed by atoms with Crippen LogP contribution in [-0.2, 0) is 16.1 Å². The highest BCUT2D eigenvalue weighted by molar-refractivity contribution is 6.14. The molecule has 1 atom stereocenters. The molecule has 2 amide bonds. The lowest BCUT2D eigenvalue weighted by atomic mass is 9.72. The highest BCUT2D eigenvalue weighted by Crippen LogP contribution is 2.52. The van der Waals surface area contributed by atoms with E-state index in [4.69, 9.17) is 14.2 Å². The van der Waals surface area contributed by atoms with E-state index < -0.39 is 46.1 Å². The van der Waals surface area contributed by atoms with Gasteiger partial charge in [-0.15, -0.1) is 0 Å². The zero-order valence-electron chi connectivity index (χ0n) is 22.5. The fourth-order valence-electron chi connectivity index (χ4n) is 5.22. The summed E-state index contributed by atoms with van der Waals surface area (Å²) < 4.78 is 74.3. The number of ether oxygens (including phenoxy) is 3. The lowest BCUT2D eigenvalue weighted by Crippen LogP contribution is -2.66. The summed E-state index contributed by atoms with van der Waals surface area (Å²) in [5.74, 6) is -4.18. The van der Waals surface area contributed by atoms with Crippen LogP contribution in [0.15, 0.2) is 47.7 Å². The molecule has 0 bridgehead atoms. The van der Waals surface area contributed by atoms with E-state index in [0.29, 0.717) is 5.56 Å². The number of Topliss-reactive ketones (excluding diaryl/α,β-unsaturated/α-hetero) is 1. The maximum Gasteiger partial charge on any atom is 0.425 e. The lowest BCUT2D eigenvalue weighted by Gasteiger charge is -2.35. The largest absolute Gasteiger partial charge is 0.493 e. The summed E-state index contributed by atoms with van der Waals surface area (Å²) in [4.78, 5) is 41.5. The third-order valence-corrected chi connectivity index (χ3v) is 7.03. The third kappa shape index (κ3) is 4.75. The Bertz CT molecular complexity index is 1380. The molecule has 0 radical (unpaired) electrons. The second-order valence-electron chi connectivity index (χ2n) is 10.4. The van der Waals surface area contributed by atoms with E-state index in [-0.39, 0.29) is 47.9 Å². The molecule has 1 aliphatic carbocycles. The molecule has 0 fully saturated rings. The number of ketones is 1. The Labute approximate surface area is 227 Å². The Balaban J connectivity index is 1.87. The molecule has 40 heavy (non-hydrogen) atoms. The van der Waals surface area contributed by atoms with Gasteiger partial charge >= 0.3 is 6.18 Å². The summed E-state index contributed by atoms with van der Waals surface area (Å²) in [6.45, 7) is 3.05. The molecule has 1 N–H and O–H groups in total. The SMILES string of the molecule is COc1cc(C(=O)N[C@]2(C(F)(F)F)C(=O)N(Cc3ccc(F)cc3)C3=C2C(=O)CC(C)(C)C3)cc(OC)c1OC. The highest BCUT2D eigenvalue weighted by Gasteiger charge is 2.71. The van der Waals surface area contributed by atoms with E-state index in [1.807, 2.05) is 5.32 Å². The Kier molecular flexibility index (Phi) is 7.33. The number of methoxy groups -OCH3 is 3. The van der Waals surface area contributed by atoms with Crippen LogP contribution in [0.1, 0.15) is 42.6 Å². The van der Waals surface area contributed by atoms with Crippen molar-refractivity contribution < 1.29 is 46.2 Å². The summed E-state index contributed by atoms with van der Waals surface area (Å²) >= 11 is 0. The summed E-state index contributed by atoms with van der Waals surface area (Å²) in [6, 6.07) is 7.17. The molecule has 4 rings (SSSR count). The first kappa shape index (κ1) is 28.9. The number of nitrogens with one attached hydrogen (secondary N) is 1. The van der Waals surface area contributed by atoms with Crippen LogP contribution >= 0.6 is 0 Å². The van der Waals surface area contributed by atoms with Crippen molar-refractivity contribution in [2.45, 2.75) is 44.9 Å². The topological polar surface area (TPSA) is 94.2 Å². The molecule has 2 aromatic carbocycles. The maximum atomic E-state index is 15.1.